The van der Waals surface area contributed by atoms with Crippen molar-refractivity contribution in [2.75, 3.05) is 0 Å². The zero-order valence-electron chi connectivity index (χ0n) is 7.18. The topological polar surface area (TPSA) is 25.8 Å². The number of thiophene rings is 1. The van der Waals surface area contributed by atoms with E-state index in [1.165, 1.54) is 9.44 Å². The Labute approximate surface area is 91.0 Å². The number of pyridine rings is 1. The van der Waals surface area contributed by atoms with E-state index in [2.05, 4.69) is 27.5 Å². The molecule has 0 radical (unpaired) electrons. The fourth-order valence-electron chi connectivity index (χ4n) is 1.28. The molecule has 4 heteroatoms. The maximum absolute atomic E-state index is 4.59. The Morgan fingerprint density at radius 1 is 1.21 bits per heavy atom. The van der Waals surface area contributed by atoms with Crippen molar-refractivity contribution < 1.29 is 0 Å². The molecule has 0 fully saturated rings. The number of hydrogen-bond acceptors (Lipinski definition) is 3. The minimum atomic E-state index is 0.293. The minimum absolute atomic E-state index is 0.293. The predicted octanol–water partition coefficient (Wildman–Crippen LogP) is 2.42. The van der Waals surface area contributed by atoms with E-state index in [4.69, 9.17) is 0 Å². The molecule has 0 aliphatic heterocycles. The zero-order valence-corrected chi connectivity index (χ0v) is 9.70. The van der Waals surface area contributed by atoms with Crippen LogP contribution in [-0.4, -0.2) is 24.5 Å². The molecule has 3 aromatic rings. The monoisotopic (exact) mass is 266 g/mol. The average Bonchev–Trinajstić information content (AvgIpc) is 2.86. The Kier molecular flexibility index (Phi) is 1.98. The Bertz CT molecular complexity index is 523. The van der Waals surface area contributed by atoms with E-state index in [0.29, 0.717) is 14.5 Å². The fraction of sp³-hybridized carbons (Fsp3) is 0. The molecule has 0 saturated heterocycles. The summed E-state index contributed by atoms with van der Waals surface area (Å²) in [6.45, 7) is 0. The van der Waals surface area contributed by atoms with E-state index in [0.717, 1.165) is 9.91 Å². The third-order valence-corrected chi connectivity index (χ3v) is 5.19. The van der Waals surface area contributed by atoms with Crippen molar-refractivity contribution in [3.63, 3.8) is 0 Å². The van der Waals surface area contributed by atoms with Crippen LogP contribution in [0.4, 0.5) is 0 Å². The first-order valence-corrected chi connectivity index (χ1v) is 6.78. The van der Waals surface area contributed by atoms with Gasteiger partial charge in [-0.05, 0) is 0 Å². The molecule has 0 bridgehead atoms. The molecule has 0 aliphatic carbocycles. The van der Waals surface area contributed by atoms with Gasteiger partial charge in [-0.15, -0.1) is 0 Å². The molecular formula is C10H6N2SSe. The summed E-state index contributed by atoms with van der Waals surface area (Å²) in [6, 6.07) is 8.16. The normalized spacial score (nSPS) is 10.9. The molecule has 0 spiro atoms. The van der Waals surface area contributed by atoms with E-state index >= 15 is 0 Å². The molecule has 0 unspecified atom stereocenters. The SMILES string of the molecule is c1csc(-c2nc3cccnc3[se]2)c1. The molecule has 0 aromatic carbocycles. The van der Waals surface area contributed by atoms with Gasteiger partial charge >= 0.3 is 91.0 Å². The van der Waals surface area contributed by atoms with Crippen LogP contribution in [0, 0.1) is 0 Å². The Hall–Kier alpha value is -0.961. The van der Waals surface area contributed by atoms with E-state index in [1.807, 2.05) is 18.3 Å². The van der Waals surface area contributed by atoms with Crippen molar-refractivity contribution >= 4 is 35.7 Å². The standard InChI is InChI=1S/C10H6N2SSe/c1-3-7-9(11-5-1)14-10(12-7)8-4-2-6-13-8/h1-6H. The van der Waals surface area contributed by atoms with Crippen molar-refractivity contribution in [1.82, 2.24) is 9.97 Å². The van der Waals surface area contributed by atoms with Gasteiger partial charge in [-0.25, -0.2) is 0 Å². The van der Waals surface area contributed by atoms with Crippen molar-refractivity contribution in [3.8, 4) is 9.44 Å². The summed E-state index contributed by atoms with van der Waals surface area (Å²) in [5.41, 5.74) is 1.05. The van der Waals surface area contributed by atoms with Crippen molar-refractivity contribution in [2.45, 2.75) is 0 Å². The third-order valence-electron chi connectivity index (χ3n) is 1.90. The van der Waals surface area contributed by atoms with Crippen LogP contribution >= 0.6 is 11.3 Å². The van der Waals surface area contributed by atoms with Gasteiger partial charge in [0, 0.05) is 0 Å². The van der Waals surface area contributed by atoms with Crippen LogP contribution in [0.15, 0.2) is 35.8 Å². The molecule has 0 aliphatic rings. The first kappa shape index (κ1) is 8.36. The van der Waals surface area contributed by atoms with Gasteiger partial charge in [-0.3, -0.25) is 0 Å². The molecule has 0 N–H and O–H groups in total. The second-order valence-electron chi connectivity index (χ2n) is 2.82. The molecular weight excluding hydrogens is 259 g/mol. The Balaban J connectivity index is 2.24. The Morgan fingerprint density at radius 3 is 3.00 bits per heavy atom. The molecule has 2 nitrogen and oxygen atoms in total. The average molecular weight is 265 g/mol. The van der Waals surface area contributed by atoms with Crippen molar-refractivity contribution in [3.05, 3.63) is 35.8 Å². The van der Waals surface area contributed by atoms with Gasteiger partial charge in [0.25, 0.3) is 0 Å². The van der Waals surface area contributed by atoms with Crippen LogP contribution < -0.4 is 0 Å². The van der Waals surface area contributed by atoms with E-state index in [-0.39, 0.29) is 0 Å². The Morgan fingerprint density at radius 2 is 2.21 bits per heavy atom. The molecule has 0 amide bonds. The summed E-state index contributed by atoms with van der Waals surface area (Å²) < 4.78 is 2.37. The van der Waals surface area contributed by atoms with Gasteiger partial charge in [0.05, 0.1) is 0 Å². The van der Waals surface area contributed by atoms with Crippen LogP contribution in [0.1, 0.15) is 0 Å². The van der Waals surface area contributed by atoms with Crippen LogP contribution in [-0.2, 0) is 0 Å². The van der Waals surface area contributed by atoms with Crippen LogP contribution in [0.5, 0.6) is 0 Å². The van der Waals surface area contributed by atoms with Gasteiger partial charge in [0.1, 0.15) is 0 Å². The number of fused-ring (bicyclic) bond motifs is 1. The number of nitrogens with zero attached hydrogens (tertiary/aromatic N) is 2. The summed E-state index contributed by atoms with van der Waals surface area (Å²) in [6.07, 6.45) is 1.84. The van der Waals surface area contributed by atoms with Gasteiger partial charge in [0.15, 0.2) is 0 Å². The molecule has 0 saturated carbocycles. The quantitative estimate of drug-likeness (QED) is 0.631. The van der Waals surface area contributed by atoms with Gasteiger partial charge in [-0.2, -0.15) is 0 Å². The van der Waals surface area contributed by atoms with Gasteiger partial charge in [0.2, 0.25) is 0 Å². The maximum atomic E-state index is 4.59. The third kappa shape index (κ3) is 1.32. The first-order chi connectivity index (χ1) is 6.93. The number of rotatable bonds is 1. The van der Waals surface area contributed by atoms with Crippen LogP contribution in [0.2, 0.25) is 0 Å². The van der Waals surface area contributed by atoms with Crippen LogP contribution in [0.25, 0.3) is 19.4 Å². The van der Waals surface area contributed by atoms with Crippen molar-refractivity contribution in [1.29, 1.82) is 0 Å². The summed E-state index contributed by atoms with van der Waals surface area (Å²) in [5.74, 6) is 0. The van der Waals surface area contributed by atoms with Crippen molar-refractivity contribution in [2.24, 2.45) is 0 Å². The van der Waals surface area contributed by atoms with Crippen LogP contribution in [0.3, 0.4) is 0 Å². The fourth-order valence-corrected chi connectivity index (χ4v) is 4.14. The second kappa shape index (κ2) is 3.31. The van der Waals surface area contributed by atoms with E-state index in [9.17, 15) is 0 Å². The predicted molar refractivity (Wildman–Crippen MR) is 59.8 cm³/mol. The molecule has 14 heavy (non-hydrogen) atoms. The zero-order chi connectivity index (χ0) is 9.38. The van der Waals surface area contributed by atoms with Gasteiger partial charge < -0.3 is 0 Å². The summed E-state index contributed by atoms with van der Waals surface area (Å²) in [7, 11) is 0. The number of aromatic nitrogens is 2. The summed E-state index contributed by atoms with van der Waals surface area (Å²) in [5, 5.41) is 2.09. The van der Waals surface area contributed by atoms with E-state index < -0.39 is 0 Å². The van der Waals surface area contributed by atoms with Gasteiger partial charge in [-0.1, -0.05) is 0 Å². The summed E-state index contributed by atoms with van der Waals surface area (Å²) >= 11 is 2.04. The molecule has 3 heterocycles. The molecule has 3 aromatic heterocycles. The molecule has 3 rings (SSSR count). The summed E-state index contributed by atoms with van der Waals surface area (Å²) in [4.78, 5) is 10.2. The second-order valence-corrected chi connectivity index (χ2v) is 5.82. The molecule has 0 atom stereocenters. The van der Waals surface area contributed by atoms with E-state index in [1.54, 1.807) is 11.3 Å². The molecule has 68 valence electrons. The first-order valence-electron chi connectivity index (χ1n) is 4.19. The number of hydrogen-bond donors (Lipinski definition) is 0.